The van der Waals surface area contributed by atoms with Crippen LogP contribution in [0.25, 0.3) is 11.1 Å². The van der Waals surface area contributed by atoms with Crippen molar-refractivity contribution in [1.82, 2.24) is 9.21 Å². The standard InChI is InChI=1S/C31H38N2O3S/c1-22-11-9-12-27(24(22)3)25-14-16-26(17-15-25)31-28-20-32(18-7-8-19-33(28)29(31)21-36-4)37(34,35)30-13-6-5-10-23(30)2/h5-6,9-17,28-29,31H,7-8,18-21H2,1-4H3/t28?,29-,31+/m1/s1. The van der Waals surface area contributed by atoms with Gasteiger partial charge in [0.25, 0.3) is 0 Å². The average Bonchev–Trinajstić information content (AvgIpc) is 2.87. The van der Waals surface area contributed by atoms with Gasteiger partial charge in [-0.2, -0.15) is 4.31 Å². The van der Waals surface area contributed by atoms with E-state index < -0.39 is 10.0 Å². The number of fused-ring (bicyclic) bond motifs is 1. The molecular formula is C31H38N2O3S. The van der Waals surface area contributed by atoms with Crippen LogP contribution in [0.5, 0.6) is 0 Å². The predicted octanol–water partition coefficient (Wildman–Crippen LogP) is 5.55. The molecule has 0 spiro atoms. The van der Waals surface area contributed by atoms with Crippen molar-refractivity contribution in [1.29, 1.82) is 0 Å². The fourth-order valence-corrected chi connectivity index (χ4v) is 7.93. The lowest BCUT2D eigenvalue weighted by atomic mass is 9.74. The van der Waals surface area contributed by atoms with Crippen LogP contribution in [0.15, 0.2) is 71.6 Å². The topological polar surface area (TPSA) is 49.9 Å². The van der Waals surface area contributed by atoms with Crippen LogP contribution in [-0.2, 0) is 14.8 Å². The van der Waals surface area contributed by atoms with Crippen LogP contribution in [0.2, 0.25) is 0 Å². The summed E-state index contributed by atoms with van der Waals surface area (Å²) in [5.74, 6) is 0.222. The van der Waals surface area contributed by atoms with Crippen molar-refractivity contribution in [3.05, 3.63) is 89.0 Å². The molecule has 0 N–H and O–H groups in total. The number of hydrogen-bond acceptors (Lipinski definition) is 4. The number of rotatable bonds is 6. The molecule has 3 aromatic rings. The summed E-state index contributed by atoms with van der Waals surface area (Å²) in [6.45, 7) is 8.89. The van der Waals surface area contributed by atoms with Crippen molar-refractivity contribution >= 4 is 10.0 Å². The van der Waals surface area contributed by atoms with Gasteiger partial charge in [-0.25, -0.2) is 8.42 Å². The van der Waals surface area contributed by atoms with Crippen LogP contribution < -0.4 is 0 Å². The predicted molar refractivity (Wildman–Crippen MR) is 149 cm³/mol. The van der Waals surface area contributed by atoms with Crippen molar-refractivity contribution in [2.45, 2.75) is 56.5 Å². The minimum atomic E-state index is -3.57. The number of sulfonamides is 1. The van der Waals surface area contributed by atoms with Gasteiger partial charge in [-0.15, -0.1) is 0 Å². The van der Waals surface area contributed by atoms with Crippen molar-refractivity contribution in [3.8, 4) is 11.1 Å². The van der Waals surface area contributed by atoms with Crippen molar-refractivity contribution in [2.24, 2.45) is 0 Å². The maximum Gasteiger partial charge on any atom is 0.243 e. The lowest BCUT2D eigenvalue weighted by molar-refractivity contribution is -0.0635. The molecule has 2 aliphatic rings. The van der Waals surface area contributed by atoms with Crippen LogP contribution in [0.1, 0.15) is 41.0 Å². The van der Waals surface area contributed by atoms with Gasteiger partial charge in [-0.05, 0) is 79.6 Å². The average molecular weight is 519 g/mol. The second-order valence-corrected chi connectivity index (χ2v) is 12.5. The number of aryl methyl sites for hydroxylation is 2. The molecule has 196 valence electrons. The molecule has 0 radical (unpaired) electrons. The molecule has 0 bridgehead atoms. The fraction of sp³-hybridized carbons (Fsp3) is 0.419. The Morgan fingerprint density at radius 3 is 2.30 bits per heavy atom. The first-order valence-electron chi connectivity index (χ1n) is 13.3. The molecule has 5 rings (SSSR count). The maximum atomic E-state index is 13.7. The van der Waals surface area contributed by atoms with Crippen LogP contribution in [0, 0.1) is 20.8 Å². The van der Waals surface area contributed by atoms with E-state index in [4.69, 9.17) is 4.74 Å². The highest BCUT2D eigenvalue weighted by atomic mass is 32.2. The smallest absolute Gasteiger partial charge is 0.243 e. The van der Waals surface area contributed by atoms with E-state index in [1.54, 1.807) is 17.5 Å². The minimum Gasteiger partial charge on any atom is -0.383 e. The molecule has 1 unspecified atom stereocenters. The second kappa shape index (κ2) is 10.7. The van der Waals surface area contributed by atoms with Gasteiger partial charge in [-0.1, -0.05) is 60.7 Å². The number of benzene rings is 3. The van der Waals surface area contributed by atoms with Crippen molar-refractivity contribution < 1.29 is 13.2 Å². The summed E-state index contributed by atoms with van der Waals surface area (Å²) < 4.78 is 34.9. The molecule has 6 heteroatoms. The highest BCUT2D eigenvalue weighted by Gasteiger charge is 2.50. The van der Waals surface area contributed by atoms with Crippen molar-refractivity contribution in [2.75, 3.05) is 33.4 Å². The molecule has 37 heavy (non-hydrogen) atoms. The third-order valence-electron chi connectivity index (χ3n) is 8.41. The first-order valence-corrected chi connectivity index (χ1v) is 14.7. The number of hydrogen-bond donors (Lipinski definition) is 0. The molecule has 0 aromatic heterocycles. The molecule has 2 heterocycles. The van der Waals surface area contributed by atoms with E-state index in [0.717, 1.165) is 24.9 Å². The molecule has 0 aliphatic carbocycles. The van der Waals surface area contributed by atoms with Crippen LogP contribution >= 0.6 is 0 Å². The second-order valence-electron chi connectivity index (χ2n) is 10.6. The third-order valence-corrected chi connectivity index (χ3v) is 10.4. The summed E-state index contributed by atoms with van der Waals surface area (Å²) in [7, 11) is -1.81. The van der Waals surface area contributed by atoms with Gasteiger partial charge in [0.05, 0.1) is 11.5 Å². The Morgan fingerprint density at radius 1 is 0.865 bits per heavy atom. The summed E-state index contributed by atoms with van der Waals surface area (Å²) in [5.41, 5.74) is 7.12. The van der Waals surface area contributed by atoms with E-state index >= 15 is 0 Å². The largest absolute Gasteiger partial charge is 0.383 e. The first-order chi connectivity index (χ1) is 17.8. The Morgan fingerprint density at radius 2 is 1.57 bits per heavy atom. The summed E-state index contributed by atoms with van der Waals surface area (Å²) in [5, 5.41) is 0. The number of methoxy groups -OCH3 is 1. The van der Waals surface area contributed by atoms with Gasteiger partial charge in [0, 0.05) is 38.2 Å². The Bertz CT molecular complexity index is 1350. The zero-order valence-electron chi connectivity index (χ0n) is 22.4. The number of ether oxygens (including phenoxy) is 1. The minimum absolute atomic E-state index is 0.130. The highest BCUT2D eigenvalue weighted by molar-refractivity contribution is 7.89. The van der Waals surface area contributed by atoms with E-state index in [0.29, 0.717) is 24.6 Å². The molecule has 2 fully saturated rings. The molecule has 5 nitrogen and oxygen atoms in total. The molecule has 0 amide bonds. The zero-order chi connectivity index (χ0) is 26.2. The summed E-state index contributed by atoms with van der Waals surface area (Å²) >= 11 is 0. The van der Waals surface area contributed by atoms with Gasteiger partial charge in [0.15, 0.2) is 0 Å². The highest BCUT2D eigenvalue weighted by Crippen LogP contribution is 2.43. The summed E-state index contributed by atoms with van der Waals surface area (Å²) in [6, 6.07) is 23.0. The van der Waals surface area contributed by atoms with Crippen LogP contribution in [0.3, 0.4) is 0 Å². The Hall–Kier alpha value is -2.51. The lowest BCUT2D eigenvalue weighted by Crippen LogP contribution is -2.68. The zero-order valence-corrected chi connectivity index (χ0v) is 23.2. The van der Waals surface area contributed by atoms with Gasteiger partial charge >= 0.3 is 0 Å². The van der Waals surface area contributed by atoms with Gasteiger partial charge in [0.2, 0.25) is 10.0 Å². The van der Waals surface area contributed by atoms with E-state index in [2.05, 4.69) is 61.2 Å². The van der Waals surface area contributed by atoms with Crippen LogP contribution in [0.4, 0.5) is 0 Å². The summed E-state index contributed by atoms with van der Waals surface area (Å²) in [6.07, 6.45) is 1.85. The van der Waals surface area contributed by atoms with E-state index in [-0.39, 0.29) is 18.0 Å². The fourth-order valence-electron chi connectivity index (χ4n) is 6.21. The molecule has 3 aromatic carbocycles. The Balaban J connectivity index is 1.46. The third kappa shape index (κ3) is 4.88. The quantitative estimate of drug-likeness (QED) is 0.430. The summed E-state index contributed by atoms with van der Waals surface area (Å²) in [4.78, 5) is 2.90. The SMILES string of the molecule is COC[C@@H]1[C@@H](c2ccc(-c3cccc(C)c3C)cc2)C2CN(S(=O)(=O)c3ccccc3C)CCCCN21. The van der Waals surface area contributed by atoms with Gasteiger partial charge in [0.1, 0.15) is 0 Å². The Kier molecular flexibility index (Phi) is 7.55. The van der Waals surface area contributed by atoms with Gasteiger partial charge in [-0.3, -0.25) is 4.90 Å². The van der Waals surface area contributed by atoms with Gasteiger partial charge < -0.3 is 4.74 Å². The normalized spacial score (nSPS) is 23.1. The molecule has 0 saturated carbocycles. The monoisotopic (exact) mass is 518 g/mol. The molecule has 2 aliphatic heterocycles. The first kappa shape index (κ1) is 26.1. The lowest BCUT2D eigenvalue weighted by Gasteiger charge is -2.57. The van der Waals surface area contributed by atoms with E-state index in [1.165, 1.54) is 27.8 Å². The number of nitrogens with zero attached hydrogens (tertiary/aromatic N) is 2. The molecule has 2 saturated heterocycles. The molecular weight excluding hydrogens is 480 g/mol. The van der Waals surface area contributed by atoms with E-state index in [1.807, 2.05) is 25.1 Å². The molecule has 3 atom stereocenters. The Labute approximate surface area is 222 Å². The maximum absolute atomic E-state index is 13.7. The van der Waals surface area contributed by atoms with E-state index in [9.17, 15) is 8.42 Å². The van der Waals surface area contributed by atoms with Crippen molar-refractivity contribution in [3.63, 3.8) is 0 Å². The van der Waals surface area contributed by atoms with Crippen LogP contribution in [-0.4, -0.2) is 63.1 Å².